The van der Waals surface area contributed by atoms with Gasteiger partial charge in [0.15, 0.2) is 5.78 Å². The zero-order valence-electron chi connectivity index (χ0n) is 9.33. The lowest BCUT2D eigenvalue weighted by atomic mass is 9.89. The van der Waals surface area contributed by atoms with Crippen LogP contribution in [0.2, 0.25) is 0 Å². The summed E-state index contributed by atoms with van der Waals surface area (Å²) in [6.07, 6.45) is 1.70. The van der Waals surface area contributed by atoms with Gasteiger partial charge in [0.05, 0.1) is 0 Å². The fourth-order valence-corrected chi connectivity index (χ4v) is 2.42. The van der Waals surface area contributed by atoms with Crippen molar-refractivity contribution in [3.05, 3.63) is 33.8 Å². The Morgan fingerprint density at radius 1 is 1.38 bits per heavy atom. The monoisotopic (exact) mass is 282 g/mol. The molecule has 0 radical (unpaired) electrons. The maximum Gasteiger partial charge on any atom is 0.166 e. The van der Waals surface area contributed by atoms with Crippen molar-refractivity contribution in [1.82, 2.24) is 0 Å². The number of benzene rings is 1. The van der Waals surface area contributed by atoms with Gasteiger partial charge in [0, 0.05) is 29.2 Å². The fraction of sp³-hybridized carbons (Fsp3) is 0.462. The van der Waals surface area contributed by atoms with Crippen molar-refractivity contribution >= 4 is 21.7 Å². The normalized spacial score (nSPS) is 17.4. The minimum Gasteiger partial charge on any atom is -0.381 e. The lowest BCUT2D eigenvalue weighted by molar-refractivity contribution is 0.0544. The van der Waals surface area contributed by atoms with Crippen LogP contribution >= 0.6 is 15.9 Å². The summed E-state index contributed by atoms with van der Waals surface area (Å²) in [7, 11) is 0. The molecule has 1 heterocycles. The fourth-order valence-electron chi connectivity index (χ4n) is 2.05. The lowest BCUT2D eigenvalue weighted by Gasteiger charge is -2.21. The third-order valence-electron chi connectivity index (χ3n) is 3.13. The van der Waals surface area contributed by atoms with E-state index in [-0.39, 0.29) is 11.7 Å². The summed E-state index contributed by atoms with van der Waals surface area (Å²) in [6.45, 7) is 3.41. The number of carbonyl (C=O) groups excluding carboxylic acids is 1. The molecule has 86 valence electrons. The Labute approximate surface area is 104 Å². The highest BCUT2D eigenvalue weighted by Crippen LogP contribution is 2.25. The molecule has 3 heteroatoms. The number of Topliss-reactive ketones (excluding diaryl/α,β-unsaturated/α-hetero) is 1. The highest BCUT2D eigenvalue weighted by atomic mass is 79.9. The first kappa shape index (κ1) is 11.8. The van der Waals surface area contributed by atoms with Gasteiger partial charge in [-0.25, -0.2) is 0 Å². The maximum absolute atomic E-state index is 12.3. The first-order chi connectivity index (χ1) is 7.70. The van der Waals surface area contributed by atoms with E-state index in [2.05, 4.69) is 15.9 Å². The molecular formula is C13H15BrO2. The number of halogens is 1. The van der Waals surface area contributed by atoms with E-state index in [9.17, 15) is 4.79 Å². The molecular weight excluding hydrogens is 268 g/mol. The summed E-state index contributed by atoms with van der Waals surface area (Å²) < 4.78 is 6.28. The second-order valence-corrected chi connectivity index (χ2v) is 5.02. The molecule has 0 aromatic heterocycles. The Bertz CT molecular complexity index is 395. The number of ether oxygens (including phenoxy) is 1. The average Bonchev–Trinajstić information content (AvgIpc) is 2.33. The lowest BCUT2D eigenvalue weighted by Crippen LogP contribution is -2.24. The van der Waals surface area contributed by atoms with Gasteiger partial charge in [-0.1, -0.05) is 28.1 Å². The molecule has 1 aromatic rings. The van der Waals surface area contributed by atoms with Gasteiger partial charge in [0.2, 0.25) is 0 Å². The Balaban J connectivity index is 2.22. The molecule has 2 rings (SSSR count). The van der Waals surface area contributed by atoms with Crippen LogP contribution in [0.1, 0.15) is 28.8 Å². The summed E-state index contributed by atoms with van der Waals surface area (Å²) in [4.78, 5) is 12.3. The average molecular weight is 283 g/mol. The third kappa shape index (κ3) is 2.36. The molecule has 16 heavy (non-hydrogen) atoms. The molecule has 1 saturated heterocycles. The summed E-state index contributed by atoms with van der Waals surface area (Å²) in [5, 5.41) is 0. The zero-order valence-corrected chi connectivity index (χ0v) is 10.9. The van der Waals surface area contributed by atoms with E-state index >= 15 is 0 Å². The van der Waals surface area contributed by atoms with E-state index in [4.69, 9.17) is 4.74 Å². The van der Waals surface area contributed by atoms with E-state index in [1.807, 2.05) is 25.1 Å². The smallest absolute Gasteiger partial charge is 0.166 e. The van der Waals surface area contributed by atoms with Gasteiger partial charge in [-0.2, -0.15) is 0 Å². The van der Waals surface area contributed by atoms with E-state index in [0.717, 1.165) is 28.4 Å². The largest absolute Gasteiger partial charge is 0.381 e. The number of hydrogen-bond donors (Lipinski definition) is 0. The first-order valence-electron chi connectivity index (χ1n) is 5.57. The summed E-state index contributed by atoms with van der Waals surface area (Å²) in [5.41, 5.74) is 1.89. The zero-order chi connectivity index (χ0) is 11.5. The van der Waals surface area contributed by atoms with Crippen molar-refractivity contribution in [2.24, 2.45) is 5.92 Å². The SMILES string of the molecule is Cc1c(Br)cccc1C(=O)C1CCOCC1. The topological polar surface area (TPSA) is 26.3 Å². The van der Waals surface area contributed by atoms with Crippen LogP contribution in [-0.2, 0) is 4.74 Å². The maximum atomic E-state index is 12.3. The van der Waals surface area contributed by atoms with Crippen molar-refractivity contribution in [3.8, 4) is 0 Å². The molecule has 0 saturated carbocycles. The molecule has 1 fully saturated rings. The van der Waals surface area contributed by atoms with Crippen LogP contribution < -0.4 is 0 Å². The molecule has 0 aliphatic carbocycles. The molecule has 1 aromatic carbocycles. The van der Waals surface area contributed by atoms with Gasteiger partial charge in [-0.3, -0.25) is 4.79 Å². The molecule has 0 amide bonds. The summed E-state index contributed by atoms with van der Waals surface area (Å²) >= 11 is 3.46. The van der Waals surface area contributed by atoms with E-state index < -0.39 is 0 Å². The second-order valence-electron chi connectivity index (χ2n) is 4.16. The number of ketones is 1. The van der Waals surface area contributed by atoms with Crippen molar-refractivity contribution in [2.45, 2.75) is 19.8 Å². The highest BCUT2D eigenvalue weighted by molar-refractivity contribution is 9.10. The molecule has 0 N–H and O–H groups in total. The predicted octanol–water partition coefficient (Wildman–Crippen LogP) is 3.37. The molecule has 0 atom stereocenters. The quantitative estimate of drug-likeness (QED) is 0.778. The van der Waals surface area contributed by atoms with Gasteiger partial charge in [0.25, 0.3) is 0 Å². The van der Waals surface area contributed by atoms with Gasteiger partial charge in [-0.05, 0) is 31.4 Å². The standard InChI is InChI=1S/C13H15BrO2/c1-9-11(3-2-4-12(9)14)13(15)10-5-7-16-8-6-10/h2-4,10H,5-8H2,1H3. The van der Waals surface area contributed by atoms with Crippen molar-refractivity contribution < 1.29 is 9.53 Å². The van der Waals surface area contributed by atoms with E-state index in [1.54, 1.807) is 0 Å². The van der Waals surface area contributed by atoms with E-state index in [0.29, 0.717) is 13.2 Å². The number of carbonyl (C=O) groups is 1. The van der Waals surface area contributed by atoms with Crippen LogP contribution in [0.25, 0.3) is 0 Å². The van der Waals surface area contributed by atoms with Gasteiger partial charge >= 0.3 is 0 Å². The predicted molar refractivity (Wildman–Crippen MR) is 66.8 cm³/mol. The van der Waals surface area contributed by atoms with E-state index in [1.165, 1.54) is 0 Å². The molecule has 2 nitrogen and oxygen atoms in total. The van der Waals surface area contributed by atoms with Crippen LogP contribution in [0.5, 0.6) is 0 Å². The van der Waals surface area contributed by atoms with Crippen molar-refractivity contribution in [1.29, 1.82) is 0 Å². The Morgan fingerprint density at radius 2 is 2.06 bits per heavy atom. The third-order valence-corrected chi connectivity index (χ3v) is 3.98. The Hall–Kier alpha value is -0.670. The second kappa shape index (κ2) is 5.11. The van der Waals surface area contributed by atoms with Gasteiger partial charge in [-0.15, -0.1) is 0 Å². The molecule has 0 spiro atoms. The van der Waals surface area contributed by atoms with Crippen molar-refractivity contribution in [3.63, 3.8) is 0 Å². The van der Waals surface area contributed by atoms with Gasteiger partial charge < -0.3 is 4.74 Å². The molecule has 1 aliphatic heterocycles. The number of hydrogen-bond acceptors (Lipinski definition) is 2. The molecule has 1 aliphatic rings. The van der Waals surface area contributed by atoms with Crippen molar-refractivity contribution in [2.75, 3.05) is 13.2 Å². The van der Waals surface area contributed by atoms with Crippen LogP contribution in [-0.4, -0.2) is 19.0 Å². The molecule has 0 unspecified atom stereocenters. The van der Waals surface area contributed by atoms with Crippen LogP contribution in [0.4, 0.5) is 0 Å². The Morgan fingerprint density at radius 3 is 2.75 bits per heavy atom. The van der Waals surface area contributed by atoms with Crippen LogP contribution in [0.15, 0.2) is 22.7 Å². The first-order valence-corrected chi connectivity index (χ1v) is 6.36. The van der Waals surface area contributed by atoms with Crippen LogP contribution in [0, 0.1) is 12.8 Å². The number of rotatable bonds is 2. The summed E-state index contributed by atoms with van der Waals surface area (Å²) in [6, 6.07) is 5.80. The molecule has 0 bridgehead atoms. The summed E-state index contributed by atoms with van der Waals surface area (Å²) in [5.74, 6) is 0.406. The highest BCUT2D eigenvalue weighted by Gasteiger charge is 2.24. The van der Waals surface area contributed by atoms with Crippen LogP contribution in [0.3, 0.4) is 0 Å². The minimum absolute atomic E-state index is 0.141. The minimum atomic E-state index is 0.141. The Kier molecular flexibility index (Phi) is 3.77. The van der Waals surface area contributed by atoms with Gasteiger partial charge in [0.1, 0.15) is 0 Å².